The quantitative estimate of drug-likeness (QED) is 0.598. The van der Waals surface area contributed by atoms with Crippen molar-refractivity contribution in [1.82, 2.24) is 5.32 Å². The number of esters is 1. The topological polar surface area (TPSA) is 47.6 Å². The number of carbonyl (C=O) groups is 1. The number of benzene rings is 3. The highest BCUT2D eigenvalue weighted by molar-refractivity contribution is 5.78. The smallest absolute Gasteiger partial charge is 0.326 e. The molecule has 0 bridgehead atoms. The standard InChI is InChI=1S/C26H26FNO3/c1-25(2,3)31-24(29)22-23(18-14-16-21(27)17-15-18)30-26(28-22,19-10-6-4-7-11-19)20-12-8-5-9-13-20/h4-17,22-23,28H,1-3H3/t22-,23+/m0/s1. The molecule has 1 N–H and O–H groups in total. The van der Waals surface area contributed by atoms with Crippen LogP contribution in [0.25, 0.3) is 0 Å². The summed E-state index contributed by atoms with van der Waals surface area (Å²) in [6.07, 6.45) is -0.670. The number of rotatable bonds is 4. The van der Waals surface area contributed by atoms with Crippen molar-refractivity contribution in [3.8, 4) is 0 Å². The zero-order valence-corrected chi connectivity index (χ0v) is 17.8. The lowest BCUT2D eigenvalue weighted by molar-refractivity contribution is -0.158. The number of nitrogens with one attached hydrogen (secondary N) is 1. The monoisotopic (exact) mass is 419 g/mol. The predicted molar refractivity (Wildman–Crippen MR) is 117 cm³/mol. The highest BCUT2D eigenvalue weighted by Gasteiger charge is 2.52. The van der Waals surface area contributed by atoms with E-state index in [9.17, 15) is 9.18 Å². The minimum atomic E-state index is -1.07. The van der Waals surface area contributed by atoms with Gasteiger partial charge in [0.05, 0.1) is 0 Å². The van der Waals surface area contributed by atoms with Gasteiger partial charge < -0.3 is 9.47 Å². The van der Waals surface area contributed by atoms with Crippen molar-refractivity contribution in [3.05, 3.63) is 107 Å². The van der Waals surface area contributed by atoms with E-state index in [0.717, 1.165) is 11.1 Å². The molecule has 1 aliphatic rings. The lowest BCUT2D eigenvalue weighted by Crippen LogP contribution is -2.47. The molecule has 3 aromatic carbocycles. The lowest BCUT2D eigenvalue weighted by Gasteiger charge is -2.31. The van der Waals surface area contributed by atoms with E-state index in [1.165, 1.54) is 12.1 Å². The lowest BCUT2D eigenvalue weighted by atomic mass is 9.94. The Kier molecular flexibility index (Phi) is 5.65. The van der Waals surface area contributed by atoms with Crippen molar-refractivity contribution in [3.63, 3.8) is 0 Å². The zero-order chi connectivity index (χ0) is 22.1. The Bertz CT molecular complexity index is 990. The summed E-state index contributed by atoms with van der Waals surface area (Å²) < 4.78 is 26.0. The van der Waals surface area contributed by atoms with Crippen LogP contribution in [0.3, 0.4) is 0 Å². The summed E-state index contributed by atoms with van der Waals surface area (Å²) in [5.41, 5.74) is 0.692. The van der Waals surface area contributed by atoms with Crippen LogP contribution in [0.1, 0.15) is 43.6 Å². The summed E-state index contributed by atoms with van der Waals surface area (Å²) in [7, 11) is 0. The van der Waals surface area contributed by atoms with Gasteiger partial charge in [-0.25, -0.2) is 4.39 Å². The molecule has 0 amide bonds. The first-order valence-corrected chi connectivity index (χ1v) is 10.3. The van der Waals surface area contributed by atoms with Gasteiger partial charge in [-0.3, -0.25) is 10.1 Å². The van der Waals surface area contributed by atoms with Gasteiger partial charge in [0.25, 0.3) is 0 Å². The highest BCUT2D eigenvalue weighted by Crippen LogP contribution is 2.44. The fraction of sp³-hybridized carbons (Fsp3) is 0.269. The van der Waals surface area contributed by atoms with Gasteiger partial charge in [0.15, 0.2) is 5.72 Å². The van der Waals surface area contributed by atoms with Gasteiger partial charge in [-0.15, -0.1) is 0 Å². The van der Waals surface area contributed by atoms with E-state index in [0.29, 0.717) is 5.56 Å². The maximum atomic E-state index is 13.6. The van der Waals surface area contributed by atoms with Crippen molar-refractivity contribution in [2.75, 3.05) is 0 Å². The fourth-order valence-corrected chi connectivity index (χ4v) is 3.86. The minimum absolute atomic E-state index is 0.346. The molecule has 4 nitrogen and oxygen atoms in total. The van der Waals surface area contributed by atoms with E-state index < -0.39 is 29.4 Å². The SMILES string of the molecule is CC(C)(C)OC(=O)[C@H]1NC(c2ccccc2)(c2ccccc2)O[C@@H]1c1ccc(F)cc1. The summed E-state index contributed by atoms with van der Waals surface area (Å²) in [5, 5.41) is 3.43. The molecular formula is C26H26FNO3. The average Bonchev–Trinajstić information content (AvgIpc) is 3.17. The van der Waals surface area contributed by atoms with E-state index in [1.807, 2.05) is 81.4 Å². The van der Waals surface area contributed by atoms with Crippen molar-refractivity contribution in [2.24, 2.45) is 0 Å². The van der Waals surface area contributed by atoms with Crippen molar-refractivity contribution < 1.29 is 18.7 Å². The third kappa shape index (κ3) is 4.38. The Morgan fingerprint density at radius 3 is 1.90 bits per heavy atom. The molecule has 0 unspecified atom stereocenters. The molecule has 5 heteroatoms. The molecule has 2 atom stereocenters. The maximum absolute atomic E-state index is 13.6. The first-order chi connectivity index (χ1) is 14.8. The highest BCUT2D eigenvalue weighted by atomic mass is 19.1. The molecule has 1 saturated heterocycles. The molecule has 0 aromatic heterocycles. The van der Waals surface area contributed by atoms with Crippen LogP contribution in [0.2, 0.25) is 0 Å². The van der Waals surface area contributed by atoms with Gasteiger partial charge in [-0.1, -0.05) is 72.8 Å². The van der Waals surface area contributed by atoms with Crippen molar-refractivity contribution in [1.29, 1.82) is 0 Å². The second-order valence-electron chi connectivity index (χ2n) is 8.66. The average molecular weight is 419 g/mol. The molecular weight excluding hydrogens is 393 g/mol. The van der Waals surface area contributed by atoms with E-state index in [1.54, 1.807) is 12.1 Å². The molecule has 3 aromatic rings. The molecule has 1 aliphatic heterocycles. The summed E-state index contributed by atoms with van der Waals surface area (Å²) in [6.45, 7) is 5.49. The van der Waals surface area contributed by atoms with Crippen LogP contribution in [0.15, 0.2) is 84.9 Å². The number of ether oxygens (including phenoxy) is 2. The molecule has 0 aliphatic carbocycles. The van der Waals surface area contributed by atoms with Crippen LogP contribution in [0.5, 0.6) is 0 Å². The number of hydrogen-bond donors (Lipinski definition) is 1. The first kappa shape index (κ1) is 21.2. The Balaban J connectivity index is 1.83. The summed E-state index contributed by atoms with van der Waals surface area (Å²) >= 11 is 0. The Morgan fingerprint density at radius 2 is 1.42 bits per heavy atom. The summed E-state index contributed by atoms with van der Waals surface area (Å²) in [5.74, 6) is -0.767. The molecule has 1 heterocycles. The van der Waals surface area contributed by atoms with Crippen molar-refractivity contribution >= 4 is 5.97 Å². The summed E-state index contributed by atoms with van der Waals surface area (Å²) in [6, 6.07) is 24.7. The summed E-state index contributed by atoms with van der Waals surface area (Å²) in [4.78, 5) is 13.2. The Labute approximate surface area is 182 Å². The van der Waals surface area contributed by atoms with Crippen LogP contribution in [0, 0.1) is 5.82 Å². The van der Waals surface area contributed by atoms with Gasteiger partial charge in [-0.2, -0.15) is 0 Å². The van der Waals surface area contributed by atoms with Gasteiger partial charge in [-0.05, 0) is 38.5 Å². The van der Waals surface area contributed by atoms with Crippen LogP contribution < -0.4 is 5.32 Å². The van der Waals surface area contributed by atoms with E-state index in [-0.39, 0.29) is 5.82 Å². The van der Waals surface area contributed by atoms with Gasteiger partial charge in [0.1, 0.15) is 23.6 Å². The zero-order valence-electron chi connectivity index (χ0n) is 17.8. The normalized spacial score (nSPS) is 20.4. The minimum Gasteiger partial charge on any atom is -0.459 e. The molecule has 0 spiro atoms. The molecule has 31 heavy (non-hydrogen) atoms. The number of halogens is 1. The Morgan fingerprint density at radius 1 is 0.903 bits per heavy atom. The largest absolute Gasteiger partial charge is 0.459 e. The van der Waals surface area contributed by atoms with Crippen LogP contribution in [-0.2, 0) is 20.0 Å². The van der Waals surface area contributed by atoms with Crippen molar-refractivity contribution in [2.45, 2.75) is 44.2 Å². The Hall–Kier alpha value is -3.02. The molecule has 160 valence electrons. The second-order valence-corrected chi connectivity index (χ2v) is 8.66. The first-order valence-electron chi connectivity index (χ1n) is 10.3. The van der Waals surface area contributed by atoms with Gasteiger partial charge in [0, 0.05) is 11.1 Å². The van der Waals surface area contributed by atoms with Gasteiger partial charge in [0.2, 0.25) is 0 Å². The van der Waals surface area contributed by atoms with E-state index in [2.05, 4.69) is 5.32 Å². The van der Waals surface area contributed by atoms with Crippen LogP contribution in [0.4, 0.5) is 4.39 Å². The predicted octanol–water partition coefficient (Wildman–Crippen LogP) is 5.10. The third-order valence-electron chi connectivity index (χ3n) is 5.19. The molecule has 0 radical (unpaired) electrons. The van der Waals surface area contributed by atoms with E-state index >= 15 is 0 Å². The molecule has 1 fully saturated rings. The number of hydrogen-bond acceptors (Lipinski definition) is 4. The van der Waals surface area contributed by atoms with Gasteiger partial charge >= 0.3 is 5.97 Å². The number of carbonyl (C=O) groups excluding carboxylic acids is 1. The molecule has 4 rings (SSSR count). The third-order valence-corrected chi connectivity index (χ3v) is 5.19. The second kappa shape index (κ2) is 8.25. The van der Waals surface area contributed by atoms with Crippen LogP contribution >= 0.6 is 0 Å². The van der Waals surface area contributed by atoms with Crippen LogP contribution in [-0.4, -0.2) is 17.6 Å². The fourth-order valence-electron chi connectivity index (χ4n) is 3.86. The maximum Gasteiger partial charge on any atom is 0.326 e. The molecule has 0 saturated carbocycles. The van der Waals surface area contributed by atoms with E-state index in [4.69, 9.17) is 9.47 Å².